The first kappa shape index (κ1) is 15.4. The molecule has 0 aliphatic heterocycles. The quantitative estimate of drug-likeness (QED) is 0.889. The molecule has 0 radical (unpaired) electrons. The van der Waals surface area contributed by atoms with Crippen LogP contribution in [0.2, 0.25) is 5.02 Å². The van der Waals surface area contributed by atoms with E-state index in [1.807, 2.05) is 0 Å². The normalized spacial score (nSPS) is 12.7. The Balaban J connectivity index is 2.39. The summed E-state index contributed by atoms with van der Waals surface area (Å²) in [4.78, 5) is 0. The molecule has 1 aromatic carbocycles. The zero-order valence-corrected chi connectivity index (χ0v) is 13.2. The van der Waals surface area contributed by atoms with Crippen molar-refractivity contribution in [3.8, 4) is 0 Å². The molecule has 1 unspecified atom stereocenters. The Morgan fingerprint density at radius 1 is 1.55 bits per heavy atom. The van der Waals surface area contributed by atoms with E-state index in [1.165, 1.54) is 18.2 Å². The van der Waals surface area contributed by atoms with Crippen LogP contribution in [0, 0.1) is 5.82 Å². The first-order valence-corrected chi connectivity index (χ1v) is 7.12. The molecule has 1 aromatic heterocycles. The molecule has 0 saturated heterocycles. The number of hydrogen-bond donors (Lipinski definition) is 1. The van der Waals surface area contributed by atoms with Crippen LogP contribution in [-0.4, -0.2) is 23.5 Å². The van der Waals surface area contributed by atoms with Crippen molar-refractivity contribution >= 4 is 27.5 Å². The number of nitrogens with zero attached hydrogens (tertiary/aromatic N) is 2. The molecule has 0 saturated carbocycles. The van der Waals surface area contributed by atoms with Gasteiger partial charge in [-0.3, -0.25) is 4.68 Å². The number of hydrogen-bond acceptors (Lipinski definition) is 3. The highest BCUT2D eigenvalue weighted by Crippen LogP contribution is 2.29. The standard InChI is InChI=1S/C13H14BrClFN3O/c1-20-5-4-19-13(10(14)7-18-19)12(17)9-6-8(15)2-3-11(9)16/h2-3,6-7,12H,4-5,17H2,1H3. The average Bonchev–Trinajstić information content (AvgIpc) is 2.79. The summed E-state index contributed by atoms with van der Waals surface area (Å²) >= 11 is 9.30. The van der Waals surface area contributed by atoms with Crippen LogP contribution in [0.15, 0.2) is 28.9 Å². The van der Waals surface area contributed by atoms with Gasteiger partial charge in [0.2, 0.25) is 0 Å². The van der Waals surface area contributed by atoms with Crippen molar-refractivity contribution in [3.63, 3.8) is 0 Å². The van der Waals surface area contributed by atoms with E-state index in [0.717, 1.165) is 4.47 Å². The van der Waals surface area contributed by atoms with Gasteiger partial charge in [0, 0.05) is 17.7 Å². The minimum absolute atomic E-state index is 0.331. The second-order valence-corrected chi connectivity index (χ2v) is 5.53. The van der Waals surface area contributed by atoms with Crippen molar-refractivity contribution in [2.75, 3.05) is 13.7 Å². The Hall–Kier alpha value is -0.950. The predicted octanol–water partition coefficient (Wildman–Crippen LogP) is 3.13. The predicted molar refractivity (Wildman–Crippen MR) is 79.2 cm³/mol. The van der Waals surface area contributed by atoms with Crippen molar-refractivity contribution in [3.05, 3.63) is 51.0 Å². The number of halogens is 3. The van der Waals surface area contributed by atoms with Crippen molar-refractivity contribution in [1.29, 1.82) is 0 Å². The van der Waals surface area contributed by atoms with Gasteiger partial charge in [-0.25, -0.2) is 4.39 Å². The number of ether oxygens (including phenoxy) is 1. The maximum absolute atomic E-state index is 13.9. The van der Waals surface area contributed by atoms with Gasteiger partial charge in [-0.2, -0.15) is 5.10 Å². The molecule has 0 aliphatic carbocycles. The average molecular weight is 363 g/mol. The summed E-state index contributed by atoms with van der Waals surface area (Å²) < 4.78 is 21.4. The smallest absolute Gasteiger partial charge is 0.128 e. The molecular formula is C13H14BrClFN3O. The third-order valence-corrected chi connectivity index (χ3v) is 3.77. The summed E-state index contributed by atoms with van der Waals surface area (Å²) in [6.07, 6.45) is 1.63. The van der Waals surface area contributed by atoms with Gasteiger partial charge in [0.15, 0.2) is 0 Å². The molecule has 0 aliphatic rings. The Bertz CT molecular complexity index is 605. The minimum atomic E-state index is -0.664. The van der Waals surface area contributed by atoms with Gasteiger partial charge in [0.05, 0.1) is 35.6 Å². The monoisotopic (exact) mass is 361 g/mol. The van der Waals surface area contributed by atoms with Crippen molar-refractivity contribution in [2.45, 2.75) is 12.6 Å². The lowest BCUT2D eigenvalue weighted by Gasteiger charge is -2.16. The summed E-state index contributed by atoms with van der Waals surface area (Å²) in [5.41, 5.74) is 7.19. The van der Waals surface area contributed by atoms with Gasteiger partial charge in [0.25, 0.3) is 0 Å². The highest BCUT2D eigenvalue weighted by molar-refractivity contribution is 9.10. The first-order chi connectivity index (χ1) is 9.54. The molecule has 20 heavy (non-hydrogen) atoms. The second kappa shape index (κ2) is 6.67. The number of benzene rings is 1. The van der Waals surface area contributed by atoms with Crippen LogP contribution in [0.5, 0.6) is 0 Å². The number of methoxy groups -OCH3 is 1. The zero-order valence-electron chi connectivity index (χ0n) is 10.8. The number of aromatic nitrogens is 2. The van der Waals surface area contributed by atoms with Gasteiger partial charge in [-0.1, -0.05) is 11.6 Å². The van der Waals surface area contributed by atoms with Crippen LogP contribution < -0.4 is 5.73 Å². The van der Waals surface area contributed by atoms with Crippen molar-refractivity contribution in [1.82, 2.24) is 9.78 Å². The van der Waals surface area contributed by atoms with Crippen LogP contribution in [0.4, 0.5) is 4.39 Å². The van der Waals surface area contributed by atoms with Gasteiger partial charge >= 0.3 is 0 Å². The Morgan fingerprint density at radius 3 is 3.00 bits per heavy atom. The fourth-order valence-corrected chi connectivity index (χ4v) is 2.66. The van der Waals surface area contributed by atoms with Crippen LogP contribution >= 0.6 is 27.5 Å². The highest BCUT2D eigenvalue weighted by atomic mass is 79.9. The summed E-state index contributed by atoms with van der Waals surface area (Å²) in [5.74, 6) is -0.395. The van der Waals surface area contributed by atoms with Gasteiger partial charge in [-0.15, -0.1) is 0 Å². The molecule has 0 spiro atoms. The lowest BCUT2D eigenvalue weighted by atomic mass is 10.0. The zero-order chi connectivity index (χ0) is 14.7. The molecule has 0 amide bonds. The van der Waals surface area contributed by atoms with Crippen molar-refractivity contribution in [2.24, 2.45) is 5.73 Å². The Morgan fingerprint density at radius 2 is 2.30 bits per heavy atom. The Labute approximate surface area is 129 Å². The summed E-state index contributed by atoms with van der Waals surface area (Å²) in [6.45, 7) is 1.03. The molecular weight excluding hydrogens is 349 g/mol. The first-order valence-electron chi connectivity index (χ1n) is 5.95. The van der Waals surface area contributed by atoms with Gasteiger partial charge in [0.1, 0.15) is 5.82 Å². The van der Waals surface area contributed by atoms with E-state index in [0.29, 0.717) is 29.4 Å². The summed E-state index contributed by atoms with van der Waals surface area (Å²) in [5, 5.41) is 4.65. The van der Waals surface area contributed by atoms with Crippen molar-refractivity contribution < 1.29 is 9.13 Å². The van der Waals surface area contributed by atoms with E-state index in [-0.39, 0.29) is 0 Å². The molecule has 2 rings (SSSR count). The minimum Gasteiger partial charge on any atom is -0.383 e. The maximum atomic E-state index is 13.9. The van der Waals surface area contributed by atoms with Crippen LogP contribution in [0.1, 0.15) is 17.3 Å². The summed E-state index contributed by atoms with van der Waals surface area (Å²) in [6, 6.07) is 3.66. The molecule has 0 fully saturated rings. The van der Waals surface area contributed by atoms with Gasteiger partial charge < -0.3 is 10.5 Å². The maximum Gasteiger partial charge on any atom is 0.128 e. The summed E-state index contributed by atoms with van der Waals surface area (Å²) in [7, 11) is 1.61. The number of nitrogens with two attached hydrogens (primary N) is 1. The van der Waals surface area contributed by atoms with E-state index in [9.17, 15) is 4.39 Å². The fourth-order valence-electron chi connectivity index (χ4n) is 1.94. The molecule has 2 N–H and O–H groups in total. The number of rotatable bonds is 5. The third kappa shape index (κ3) is 3.20. The van der Waals surface area contributed by atoms with E-state index < -0.39 is 11.9 Å². The van der Waals surface area contributed by atoms with E-state index >= 15 is 0 Å². The van der Waals surface area contributed by atoms with Gasteiger partial charge in [-0.05, 0) is 34.1 Å². The van der Waals surface area contributed by atoms with E-state index in [2.05, 4.69) is 21.0 Å². The second-order valence-electron chi connectivity index (χ2n) is 4.24. The molecule has 1 heterocycles. The molecule has 7 heteroatoms. The van der Waals surface area contributed by atoms with Crippen LogP contribution in [0.3, 0.4) is 0 Å². The third-order valence-electron chi connectivity index (χ3n) is 2.93. The topological polar surface area (TPSA) is 53.1 Å². The molecule has 2 aromatic rings. The van der Waals surface area contributed by atoms with Crippen LogP contribution in [-0.2, 0) is 11.3 Å². The van der Waals surface area contributed by atoms with E-state index in [4.69, 9.17) is 22.1 Å². The molecule has 1 atom stereocenters. The van der Waals surface area contributed by atoms with E-state index in [1.54, 1.807) is 18.0 Å². The largest absolute Gasteiger partial charge is 0.383 e. The Kier molecular flexibility index (Phi) is 5.15. The fraction of sp³-hybridized carbons (Fsp3) is 0.308. The molecule has 108 valence electrons. The lowest BCUT2D eigenvalue weighted by molar-refractivity contribution is 0.182. The highest BCUT2D eigenvalue weighted by Gasteiger charge is 2.21. The molecule has 4 nitrogen and oxygen atoms in total. The molecule has 0 bridgehead atoms. The lowest BCUT2D eigenvalue weighted by Crippen LogP contribution is -2.20. The van der Waals surface area contributed by atoms with Crippen LogP contribution in [0.25, 0.3) is 0 Å². The SMILES string of the molecule is COCCn1ncc(Br)c1C(N)c1cc(Cl)ccc1F.